The first-order valence-corrected chi connectivity index (χ1v) is 8.43. The van der Waals surface area contributed by atoms with Crippen LogP contribution in [0.15, 0.2) is 47.4 Å². The number of nitrogens with zero attached hydrogens (tertiary/aromatic N) is 1. The molecule has 1 aromatic heterocycles. The van der Waals surface area contributed by atoms with Crippen molar-refractivity contribution >= 4 is 49.6 Å². The highest BCUT2D eigenvalue weighted by atomic mass is 35.5. The molecule has 3 rings (SSSR count). The maximum atomic E-state index is 12.4. The van der Waals surface area contributed by atoms with Crippen LogP contribution in [-0.4, -0.2) is 9.19 Å². The zero-order valence-electron chi connectivity index (χ0n) is 10.4. The summed E-state index contributed by atoms with van der Waals surface area (Å²) in [4.78, 5) is 4.97. The number of halogens is 1. The van der Waals surface area contributed by atoms with Gasteiger partial charge in [-0.1, -0.05) is 29.8 Å². The molecule has 0 aliphatic carbocycles. The molecule has 0 aliphatic rings. The molecule has 3 nitrogen and oxygen atoms in total. The Morgan fingerprint density at radius 2 is 2.00 bits per heavy atom. The summed E-state index contributed by atoms with van der Waals surface area (Å²) in [5, 5.41) is 1.26. The number of aromatic nitrogens is 1. The summed E-state index contributed by atoms with van der Waals surface area (Å²) >= 11 is 7.62. The summed E-state index contributed by atoms with van der Waals surface area (Å²) < 4.78 is 13.5. The van der Waals surface area contributed by atoms with E-state index < -0.39 is 10.8 Å². The van der Waals surface area contributed by atoms with E-state index >= 15 is 0 Å². The van der Waals surface area contributed by atoms with Crippen molar-refractivity contribution in [1.82, 2.24) is 4.98 Å². The molecule has 0 saturated carbocycles. The molecule has 0 spiro atoms. The summed E-state index contributed by atoms with van der Waals surface area (Å²) in [6.45, 7) is 0. The standard InChI is InChI=1S/C14H11ClN2OS2/c15-9-4-3-5-10(16)14(9)20(18)8-13-17-11-6-1-2-7-12(11)19-13/h1-7H,8,16H2. The second kappa shape index (κ2) is 5.52. The lowest BCUT2D eigenvalue weighted by molar-refractivity contribution is 0.683. The van der Waals surface area contributed by atoms with Crippen molar-refractivity contribution in [3.05, 3.63) is 52.5 Å². The lowest BCUT2D eigenvalue weighted by Gasteiger charge is -2.06. The molecule has 0 fully saturated rings. The molecule has 6 heteroatoms. The van der Waals surface area contributed by atoms with Crippen molar-refractivity contribution in [1.29, 1.82) is 0 Å². The minimum absolute atomic E-state index is 0.327. The van der Waals surface area contributed by atoms with E-state index in [1.807, 2.05) is 24.3 Å². The molecule has 2 N–H and O–H groups in total. The number of hydrogen-bond donors (Lipinski definition) is 1. The van der Waals surface area contributed by atoms with Crippen molar-refractivity contribution in [3.63, 3.8) is 0 Å². The Kier molecular flexibility index (Phi) is 3.74. The first-order chi connectivity index (χ1) is 9.65. The number of para-hydroxylation sites is 1. The topological polar surface area (TPSA) is 56.0 Å². The quantitative estimate of drug-likeness (QED) is 0.745. The van der Waals surface area contributed by atoms with Crippen LogP contribution in [0.25, 0.3) is 10.2 Å². The molecule has 102 valence electrons. The van der Waals surface area contributed by atoms with Crippen LogP contribution >= 0.6 is 22.9 Å². The first-order valence-electron chi connectivity index (χ1n) is 5.92. The monoisotopic (exact) mass is 322 g/mol. The van der Waals surface area contributed by atoms with Crippen LogP contribution in [-0.2, 0) is 16.6 Å². The molecule has 0 aliphatic heterocycles. The molecule has 3 aromatic rings. The molecule has 20 heavy (non-hydrogen) atoms. The van der Waals surface area contributed by atoms with E-state index in [1.165, 1.54) is 0 Å². The van der Waals surface area contributed by atoms with E-state index in [2.05, 4.69) is 4.98 Å². The minimum atomic E-state index is -1.29. The van der Waals surface area contributed by atoms with E-state index in [4.69, 9.17) is 17.3 Å². The Labute approximate surface area is 127 Å². The number of thiazole rings is 1. The third kappa shape index (κ3) is 2.57. The van der Waals surface area contributed by atoms with Crippen molar-refractivity contribution in [2.45, 2.75) is 10.6 Å². The van der Waals surface area contributed by atoms with Crippen LogP contribution in [0.5, 0.6) is 0 Å². The summed E-state index contributed by atoms with van der Waals surface area (Å²) in [6.07, 6.45) is 0. The van der Waals surface area contributed by atoms with Gasteiger partial charge in [0.1, 0.15) is 5.01 Å². The van der Waals surface area contributed by atoms with Crippen molar-refractivity contribution < 1.29 is 4.21 Å². The van der Waals surface area contributed by atoms with Gasteiger partial charge in [0, 0.05) is 5.69 Å². The number of fused-ring (bicyclic) bond motifs is 1. The third-order valence-electron chi connectivity index (χ3n) is 2.82. The zero-order chi connectivity index (χ0) is 14.1. The van der Waals surface area contributed by atoms with E-state index in [-0.39, 0.29) is 0 Å². The van der Waals surface area contributed by atoms with Gasteiger partial charge in [-0.25, -0.2) is 4.98 Å². The van der Waals surface area contributed by atoms with E-state index in [0.717, 1.165) is 15.2 Å². The maximum absolute atomic E-state index is 12.4. The number of hydrogen-bond acceptors (Lipinski definition) is 4. The smallest absolute Gasteiger partial charge is 0.107 e. The van der Waals surface area contributed by atoms with Gasteiger partial charge in [-0.05, 0) is 24.3 Å². The Balaban J connectivity index is 1.92. The molecule has 1 atom stereocenters. The normalized spacial score (nSPS) is 12.7. The molecule has 2 aromatic carbocycles. The van der Waals surface area contributed by atoms with Gasteiger partial charge in [0.2, 0.25) is 0 Å². The third-order valence-corrected chi connectivity index (χ3v) is 5.91. The largest absolute Gasteiger partial charge is 0.398 e. The Bertz CT molecular complexity index is 747. The summed E-state index contributed by atoms with van der Waals surface area (Å²) in [5.74, 6) is 0.327. The summed E-state index contributed by atoms with van der Waals surface area (Å²) in [6, 6.07) is 13.0. The highest BCUT2D eigenvalue weighted by Crippen LogP contribution is 2.29. The van der Waals surface area contributed by atoms with Crippen LogP contribution < -0.4 is 5.73 Å². The van der Waals surface area contributed by atoms with E-state index in [1.54, 1.807) is 29.5 Å². The average Bonchev–Trinajstić information content (AvgIpc) is 2.80. The fourth-order valence-electron chi connectivity index (χ4n) is 1.93. The highest BCUT2D eigenvalue weighted by Gasteiger charge is 2.15. The number of benzene rings is 2. The van der Waals surface area contributed by atoms with Crippen LogP contribution in [0.4, 0.5) is 5.69 Å². The molecular weight excluding hydrogens is 312 g/mol. The SMILES string of the molecule is Nc1cccc(Cl)c1S(=O)Cc1nc2ccccc2s1. The van der Waals surface area contributed by atoms with Gasteiger partial charge >= 0.3 is 0 Å². The number of nitrogen functional groups attached to an aromatic ring is 1. The van der Waals surface area contributed by atoms with Gasteiger partial charge in [-0.15, -0.1) is 11.3 Å². The van der Waals surface area contributed by atoms with Crippen molar-refractivity contribution in [2.75, 3.05) is 5.73 Å². The Hall–Kier alpha value is -1.43. The summed E-state index contributed by atoms with van der Waals surface area (Å²) in [5.41, 5.74) is 7.24. The predicted octanol–water partition coefficient (Wildman–Crippen LogP) is 3.84. The lowest BCUT2D eigenvalue weighted by Crippen LogP contribution is -2.01. The molecular formula is C14H11ClN2OS2. The van der Waals surface area contributed by atoms with Gasteiger partial charge < -0.3 is 5.73 Å². The van der Waals surface area contributed by atoms with E-state index in [0.29, 0.717) is 21.4 Å². The fraction of sp³-hybridized carbons (Fsp3) is 0.0714. The van der Waals surface area contributed by atoms with Crippen LogP contribution in [0.1, 0.15) is 5.01 Å². The highest BCUT2D eigenvalue weighted by molar-refractivity contribution is 7.84. The minimum Gasteiger partial charge on any atom is -0.398 e. The second-order valence-electron chi connectivity index (χ2n) is 4.22. The van der Waals surface area contributed by atoms with Crippen LogP contribution in [0.3, 0.4) is 0 Å². The molecule has 0 bridgehead atoms. The second-order valence-corrected chi connectivity index (χ2v) is 7.13. The molecule has 0 radical (unpaired) electrons. The van der Waals surface area contributed by atoms with Gasteiger partial charge in [-0.3, -0.25) is 4.21 Å². The molecule has 1 unspecified atom stereocenters. The zero-order valence-corrected chi connectivity index (χ0v) is 12.8. The molecule has 1 heterocycles. The first kappa shape index (κ1) is 13.5. The van der Waals surface area contributed by atoms with Gasteiger partial charge in [-0.2, -0.15) is 0 Å². The number of anilines is 1. The summed E-state index contributed by atoms with van der Waals surface area (Å²) in [7, 11) is -1.29. The maximum Gasteiger partial charge on any atom is 0.107 e. The molecule has 0 amide bonds. The van der Waals surface area contributed by atoms with Crippen molar-refractivity contribution in [3.8, 4) is 0 Å². The average molecular weight is 323 g/mol. The number of nitrogens with two attached hydrogens (primary N) is 1. The Morgan fingerprint density at radius 3 is 2.75 bits per heavy atom. The Morgan fingerprint density at radius 1 is 1.20 bits per heavy atom. The van der Waals surface area contributed by atoms with Gasteiger partial charge in [0.25, 0.3) is 0 Å². The van der Waals surface area contributed by atoms with Crippen LogP contribution in [0, 0.1) is 0 Å². The van der Waals surface area contributed by atoms with Gasteiger partial charge in [0.15, 0.2) is 0 Å². The van der Waals surface area contributed by atoms with Crippen LogP contribution in [0.2, 0.25) is 5.02 Å². The lowest BCUT2D eigenvalue weighted by atomic mass is 10.3. The van der Waals surface area contributed by atoms with Crippen molar-refractivity contribution in [2.24, 2.45) is 0 Å². The molecule has 0 saturated heterocycles. The van der Waals surface area contributed by atoms with Gasteiger partial charge in [0.05, 0.1) is 36.7 Å². The van der Waals surface area contributed by atoms with E-state index in [9.17, 15) is 4.21 Å². The number of rotatable bonds is 3. The fourth-order valence-corrected chi connectivity index (χ4v) is 4.74. The predicted molar refractivity (Wildman–Crippen MR) is 85.6 cm³/mol.